The molecule has 0 amide bonds. The summed E-state index contributed by atoms with van der Waals surface area (Å²) in [5.41, 5.74) is 10.6. The molecule has 0 atom stereocenters. The molecule has 0 aromatic heterocycles. The van der Waals surface area contributed by atoms with E-state index in [0.29, 0.717) is 5.70 Å². The molecule has 6 nitrogen and oxygen atoms in total. The first kappa shape index (κ1) is 13.7. The van der Waals surface area contributed by atoms with Crippen molar-refractivity contribution in [3.05, 3.63) is 11.9 Å². The zero-order chi connectivity index (χ0) is 12.1. The highest BCUT2D eigenvalue weighted by Gasteiger charge is 2.16. The van der Waals surface area contributed by atoms with Gasteiger partial charge in [-0.2, -0.15) is 0 Å². The first-order valence-electron chi connectivity index (χ1n) is 4.64. The van der Waals surface area contributed by atoms with Crippen molar-refractivity contribution in [2.24, 2.45) is 17.3 Å². The van der Waals surface area contributed by atoms with Gasteiger partial charge in [0.1, 0.15) is 12.1 Å². The number of ether oxygens (including phenoxy) is 1. The summed E-state index contributed by atoms with van der Waals surface area (Å²) in [4.78, 5) is 11.3. The van der Waals surface area contributed by atoms with Crippen LogP contribution >= 0.6 is 0 Å². The summed E-state index contributed by atoms with van der Waals surface area (Å²) < 4.78 is 5.06. The molecule has 0 saturated heterocycles. The number of hydrazine groups is 1. The normalized spacial score (nSPS) is 12.5. The van der Waals surface area contributed by atoms with E-state index in [9.17, 15) is 4.79 Å². The van der Waals surface area contributed by atoms with Gasteiger partial charge in [-0.15, -0.1) is 0 Å². The number of esters is 1. The third kappa shape index (κ3) is 7.77. The van der Waals surface area contributed by atoms with Gasteiger partial charge in [0.05, 0.1) is 0 Å². The lowest BCUT2D eigenvalue weighted by Gasteiger charge is -2.21. The Kier molecular flexibility index (Phi) is 5.10. The maximum Gasteiger partial charge on any atom is 0.327 e. The van der Waals surface area contributed by atoms with E-state index in [1.54, 1.807) is 20.8 Å². The van der Waals surface area contributed by atoms with Crippen LogP contribution in [0.1, 0.15) is 20.8 Å². The zero-order valence-electron chi connectivity index (χ0n) is 9.49. The lowest BCUT2D eigenvalue weighted by Crippen LogP contribution is -2.36. The van der Waals surface area contributed by atoms with Crippen LogP contribution in [0.25, 0.3) is 0 Å². The Balaban J connectivity index is 4.08. The molecule has 6 heteroatoms. The van der Waals surface area contributed by atoms with Crippen molar-refractivity contribution in [2.75, 3.05) is 13.1 Å². The summed E-state index contributed by atoms with van der Waals surface area (Å²) in [6, 6.07) is 0. The van der Waals surface area contributed by atoms with Gasteiger partial charge in [-0.05, 0) is 20.8 Å². The zero-order valence-corrected chi connectivity index (χ0v) is 9.49. The van der Waals surface area contributed by atoms with E-state index in [1.165, 1.54) is 6.20 Å². The molecule has 0 aliphatic heterocycles. The Labute approximate surface area is 90.0 Å². The molecule has 0 aromatic rings. The standard InChI is InChI=1S/C9H20N4O2/c1-9(2,3)15-8(14)6-13(12)5-7(11)4-10/h5H,4,6,10-12H2,1-3H3/b7-5-. The fourth-order valence-electron chi connectivity index (χ4n) is 0.834. The Morgan fingerprint density at radius 1 is 1.47 bits per heavy atom. The maximum atomic E-state index is 11.3. The lowest BCUT2D eigenvalue weighted by molar-refractivity contribution is -0.155. The van der Waals surface area contributed by atoms with E-state index in [1.807, 2.05) is 0 Å². The molecule has 15 heavy (non-hydrogen) atoms. The average Bonchev–Trinajstić information content (AvgIpc) is 1.99. The van der Waals surface area contributed by atoms with Crippen molar-refractivity contribution in [3.63, 3.8) is 0 Å². The predicted octanol–water partition coefficient (Wildman–Crippen LogP) is -0.737. The van der Waals surface area contributed by atoms with Crippen molar-refractivity contribution in [2.45, 2.75) is 26.4 Å². The second-order valence-corrected chi connectivity index (χ2v) is 4.17. The summed E-state index contributed by atoms with van der Waals surface area (Å²) >= 11 is 0. The number of carbonyl (C=O) groups is 1. The van der Waals surface area contributed by atoms with Crippen LogP contribution in [0.5, 0.6) is 0 Å². The first-order chi connectivity index (χ1) is 6.74. The van der Waals surface area contributed by atoms with Gasteiger partial charge in [0.2, 0.25) is 0 Å². The van der Waals surface area contributed by atoms with Crippen LogP contribution in [0.15, 0.2) is 11.9 Å². The SMILES string of the molecule is CC(C)(C)OC(=O)CN(N)/C=C(\N)CN. The third-order valence-corrected chi connectivity index (χ3v) is 1.30. The van der Waals surface area contributed by atoms with Gasteiger partial charge < -0.3 is 21.2 Å². The number of hydrogen-bond acceptors (Lipinski definition) is 6. The first-order valence-corrected chi connectivity index (χ1v) is 4.64. The Bertz CT molecular complexity index is 245. The molecule has 6 N–H and O–H groups in total. The van der Waals surface area contributed by atoms with Crippen LogP contribution in [0.2, 0.25) is 0 Å². The van der Waals surface area contributed by atoms with E-state index in [-0.39, 0.29) is 13.1 Å². The van der Waals surface area contributed by atoms with E-state index in [0.717, 1.165) is 5.01 Å². The third-order valence-electron chi connectivity index (χ3n) is 1.30. The number of rotatable bonds is 4. The summed E-state index contributed by atoms with van der Waals surface area (Å²) in [7, 11) is 0. The fourth-order valence-corrected chi connectivity index (χ4v) is 0.834. The van der Waals surface area contributed by atoms with Crippen LogP contribution in [0, 0.1) is 0 Å². The van der Waals surface area contributed by atoms with E-state index < -0.39 is 11.6 Å². The molecule has 0 rings (SSSR count). The van der Waals surface area contributed by atoms with Crippen LogP contribution < -0.4 is 17.3 Å². The molecule has 0 aromatic carbocycles. The van der Waals surface area contributed by atoms with Gasteiger partial charge in [-0.25, -0.2) is 5.84 Å². The van der Waals surface area contributed by atoms with Gasteiger partial charge in [0.25, 0.3) is 0 Å². The van der Waals surface area contributed by atoms with E-state index in [4.69, 9.17) is 22.0 Å². The molecule has 0 aliphatic carbocycles. The Morgan fingerprint density at radius 2 is 2.00 bits per heavy atom. The number of hydrogen-bond donors (Lipinski definition) is 3. The Morgan fingerprint density at radius 3 is 2.40 bits per heavy atom. The van der Waals surface area contributed by atoms with Crippen LogP contribution in [0.4, 0.5) is 0 Å². The van der Waals surface area contributed by atoms with E-state index >= 15 is 0 Å². The minimum atomic E-state index is -0.513. The summed E-state index contributed by atoms with van der Waals surface area (Å²) in [5.74, 6) is 5.08. The number of nitrogens with two attached hydrogens (primary N) is 3. The number of nitrogens with zero attached hydrogens (tertiary/aromatic N) is 1. The molecule has 0 saturated carbocycles. The molecular formula is C9H20N4O2. The van der Waals surface area contributed by atoms with Crippen molar-refractivity contribution in [3.8, 4) is 0 Å². The molecule has 0 unspecified atom stereocenters. The molecule has 0 fully saturated rings. The Hall–Kier alpha value is -1.27. The highest BCUT2D eigenvalue weighted by molar-refractivity contribution is 5.72. The predicted molar refractivity (Wildman–Crippen MR) is 58.1 cm³/mol. The van der Waals surface area contributed by atoms with E-state index in [2.05, 4.69) is 0 Å². The fraction of sp³-hybridized carbons (Fsp3) is 0.667. The van der Waals surface area contributed by atoms with Crippen LogP contribution in [-0.2, 0) is 9.53 Å². The van der Waals surface area contributed by atoms with Gasteiger partial charge >= 0.3 is 5.97 Å². The van der Waals surface area contributed by atoms with Gasteiger partial charge in [-0.1, -0.05) is 0 Å². The molecule has 0 radical (unpaired) electrons. The molecule has 0 heterocycles. The molecule has 0 bridgehead atoms. The van der Waals surface area contributed by atoms with Gasteiger partial charge in [0, 0.05) is 18.4 Å². The smallest absolute Gasteiger partial charge is 0.327 e. The molecule has 0 aliphatic rings. The van der Waals surface area contributed by atoms with Crippen molar-refractivity contribution in [1.82, 2.24) is 5.01 Å². The maximum absolute atomic E-state index is 11.3. The lowest BCUT2D eigenvalue weighted by atomic mass is 10.2. The molecule has 88 valence electrons. The quantitative estimate of drug-likeness (QED) is 0.324. The van der Waals surface area contributed by atoms with Crippen molar-refractivity contribution < 1.29 is 9.53 Å². The topological polar surface area (TPSA) is 108 Å². The highest BCUT2D eigenvalue weighted by atomic mass is 16.6. The van der Waals surface area contributed by atoms with Crippen molar-refractivity contribution >= 4 is 5.97 Å². The second-order valence-electron chi connectivity index (χ2n) is 4.17. The van der Waals surface area contributed by atoms with Crippen molar-refractivity contribution in [1.29, 1.82) is 0 Å². The summed E-state index contributed by atoms with van der Waals surface area (Å²) in [6.45, 7) is 5.50. The second kappa shape index (κ2) is 5.57. The summed E-state index contributed by atoms with van der Waals surface area (Å²) in [5, 5.41) is 1.15. The molecular weight excluding hydrogens is 196 g/mol. The molecule has 0 spiro atoms. The summed E-state index contributed by atoms with van der Waals surface area (Å²) in [6.07, 6.45) is 1.41. The van der Waals surface area contributed by atoms with Gasteiger partial charge in [0.15, 0.2) is 0 Å². The minimum absolute atomic E-state index is 0.0576. The monoisotopic (exact) mass is 216 g/mol. The minimum Gasteiger partial charge on any atom is -0.459 e. The largest absolute Gasteiger partial charge is 0.459 e. The highest BCUT2D eigenvalue weighted by Crippen LogP contribution is 2.06. The van der Waals surface area contributed by atoms with Crippen LogP contribution in [0.3, 0.4) is 0 Å². The number of carbonyl (C=O) groups excluding carboxylic acids is 1. The average molecular weight is 216 g/mol. The van der Waals surface area contributed by atoms with Gasteiger partial charge in [-0.3, -0.25) is 4.79 Å². The van der Waals surface area contributed by atoms with Crippen LogP contribution in [-0.4, -0.2) is 29.7 Å².